The summed E-state index contributed by atoms with van der Waals surface area (Å²) in [5, 5.41) is 9.99. The second-order valence-corrected chi connectivity index (χ2v) is 12.0. The van der Waals surface area contributed by atoms with Gasteiger partial charge in [-0.05, 0) is 87.6 Å². The lowest BCUT2D eigenvalue weighted by atomic mass is 9.79. The second kappa shape index (κ2) is 10.9. The predicted octanol–water partition coefficient (Wildman–Crippen LogP) is 13.0. The molecule has 9 rings (SSSR count). The van der Waals surface area contributed by atoms with E-state index in [9.17, 15) is 0 Å². The van der Waals surface area contributed by atoms with E-state index in [2.05, 4.69) is 182 Å². The van der Waals surface area contributed by atoms with E-state index in [1.807, 2.05) is 0 Å². The lowest BCUT2D eigenvalue weighted by Gasteiger charge is -2.24. The SMILES string of the molecule is c1ccc2c(-c3ccc(-c4cccc5ccccc45)c(-c4cccc5ccccc45)c3-c3cccc4ccccc34)cccc2c1. The quantitative estimate of drug-likeness (QED) is 0.194. The van der Waals surface area contributed by atoms with Crippen LogP contribution >= 0.6 is 0 Å². The Bertz CT molecular complexity index is 2380. The fourth-order valence-corrected chi connectivity index (χ4v) is 7.42. The highest BCUT2D eigenvalue weighted by Gasteiger charge is 2.23. The molecule has 0 fully saturated rings. The summed E-state index contributed by atoms with van der Waals surface area (Å²) < 4.78 is 0. The van der Waals surface area contributed by atoms with Crippen LogP contribution in [-0.4, -0.2) is 0 Å². The number of benzene rings is 9. The first-order chi connectivity index (χ1) is 22.8. The number of hydrogen-bond donors (Lipinski definition) is 0. The van der Waals surface area contributed by atoms with Gasteiger partial charge in [-0.1, -0.05) is 182 Å². The highest BCUT2D eigenvalue weighted by Crippen LogP contribution is 2.50. The first kappa shape index (κ1) is 26.4. The standard InChI is InChI=1S/C46H30/c1-5-21-35-31(13-1)17-9-25-39(35)43-29-30-44(40-26-10-18-32-14-2-6-22-36(32)40)46(42-28-12-20-34-16-4-8-24-38(34)42)45(43)41-27-11-19-33-15-3-7-23-37(33)41/h1-30H. The van der Waals surface area contributed by atoms with Gasteiger partial charge in [-0.3, -0.25) is 0 Å². The average molecular weight is 583 g/mol. The molecule has 0 aromatic heterocycles. The number of rotatable bonds is 4. The van der Waals surface area contributed by atoms with E-state index in [4.69, 9.17) is 0 Å². The topological polar surface area (TPSA) is 0 Å². The van der Waals surface area contributed by atoms with Crippen molar-refractivity contribution in [3.05, 3.63) is 182 Å². The van der Waals surface area contributed by atoms with E-state index >= 15 is 0 Å². The van der Waals surface area contributed by atoms with Gasteiger partial charge in [-0.15, -0.1) is 0 Å². The maximum absolute atomic E-state index is 2.37. The average Bonchev–Trinajstić information content (AvgIpc) is 3.13. The van der Waals surface area contributed by atoms with Crippen molar-refractivity contribution in [2.45, 2.75) is 0 Å². The lowest BCUT2D eigenvalue weighted by molar-refractivity contribution is 1.58. The second-order valence-electron chi connectivity index (χ2n) is 12.0. The van der Waals surface area contributed by atoms with Crippen molar-refractivity contribution in [1.29, 1.82) is 0 Å². The Hall–Kier alpha value is -5.98. The highest BCUT2D eigenvalue weighted by molar-refractivity contribution is 6.16. The van der Waals surface area contributed by atoms with Crippen molar-refractivity contribution in [2.75, 3.05) is 0 Å². The van der Waals surface area contributed by atoms with Crippen LogP contribution in [0.1, 0.15) is 0 Å². The van der Waals surface area contributed by atoms with Gasteiger partial charge in [-0.2, -0.15) is 0 Å². The van der Waals surface area contributed by atoms with Crippen LogP contribution in [-0.2, 0) is 0 Å². The molecule has 0 aliphatic carbocycles. The molecule has 214 valence electrons. The zero-order chi connectivity index (χ0) is 30.5. The third-order valence-corrected chi connectivity index (χ3v) is 9.48. The maximum atomic E-state index is 2.37. The molecule has 0 bridgehead atoms. The fraction of sp³-hybridized carbons (Fsp3) is 0. The van der Waals surface area contributed by atoms with Crippen LogP contribution in [0.3, 0.4) is 0 Å². The molecule has 0 amide bonds. The first-order valence-corrected chi connectivity index (χ1v) is 15.9. The molecule has 0 saturated heterocycles. The summed E-state index contributed by atoms with van der Waals surface area (Å²) in [5.74, 6) is 0. The highest BCUT2D eigenvalue weighted by atomic mass is 14.3. The monoisotopic (exact) mass is 582 g/mol. The van der Waals surface area contributed by atoms with Crippen molar-refractivity contribution in [2.24, 2.45) is 0 Å². The minimum absolute atomic E-state index is 1.24. The van der Waals surface area contributed by atoms with Crippen molar-refractivity contribution < 1.29 is 0 Å². The molecule has 0 N–H and O–H groups in total. The summed E-state index contributed by atoms with van der Waals surface area (Å²) in [6.45, 7) is 0. The van der Waals surface area contributed by atoms with Gasteiger partial charge < -0.3 is 0 Å². The summed E-state index contributed by atoms with van der Waals surface area (Å²) in [6.07, 6.45) is 0. The molecule has 0 aliphatic heterocycles. The van der Waals surface area contributed by atoms with Gasteiger partial charge in [0.25, 0.3) is 0 Å². The third-order valence-electron chi connectivity index (χ3n) is 9.48. The minimum atomic E-state index is 1.24. The zero-order valence-electron chi connectivity index (χ0n) is 25.3. The molecule has 0 aliphatic rings. The summed E-state index contributed by atoms with van der Waals surface area (Å²) in [5.41, 5.74) is 9.96. The molecule has 0 heteroatoms. The first-order valence-electron chi connectivity index (χ1n) is 15.9. The van der Waals surface area contributed by atoms with E-state index < -0.39 is 0 Å². The summed E-state index contributed by atoms with van der Waals surface area (Å²) >= 11 is 0. The van der Waals surface area contributed by atoms with Crippen LogP contribution < -0.4 is 0 Å². The molecule has 9 aromatic rings. The minimum Gasteiger partial charge on any atom is -0.0616 e. The Balaban J connectivity index is 1.52. The van der Waals surface area contributed by atoms with E-state index in [1.54, 1.807) is 0 Å². The number of fused-ring (bicyclic) bond motifs is 4. The van der Waals surface area contributed by atoms with Gasteiger partial charge in [0, 0.05) is 0 Å². The van der Waals surface area contributed by atoms with Crippen molar-refractivity contribution in [1.82, 2.24) is 0 Å². The van der Waals surface area contributed by atoms with Crippen molar-refractivity contribution in [3.8, 4) is 44.5 Å². The summed E-state index contributed by atoms with van der Waals surface area (Å²) in [4.78, 5) is 0. The third kappa shape index (κ3) is 4.23. The molecule has 0 atom stereocenters. The molecular weight excluding hydrogens is 553 g/mol. The molecule has 0 nitrogen and oxygen atoms in total. The van der Waals surface area contributed by atoms with Gasteiger partial charge >= 0.3 is 0 Å². The normalized spacial score (nSPS) is 11.5. The Morgan fingerprint density at radius 1 is 0.174 bits per heavy atom. The van der Waals surface area contributed by atoms with E-state index in [1.165, 1.54) is 87.6 Å². The van der Waals surface area contributed by atoms with Gasteiger partial charge in [-0.25, -0.2) is 0 Å². The largest absolute Gasteiger partial charge is 0.0616 e. The maximum Gasteiger partial charge on any atom is -0.00139 e. The van der Waals surface area contributed by atoms with Crippen molar-refractivity contribution in [3.63, 3.8) is 0 Å². The van der Waals surface area contributed by atoms with Crippen LogP contribution in [0.4, 0.5) is 0 Å². The lowest BCUT2D eigenvalue weighted by Crippen LogP contribution is -1.97. The van der Waals surface area contributed by atoms with Gasteiger partial charge in [0.2, 0.25) is 0 Å². The molecule has 0 spiro atoms. The van der Waals surface area contributed by atoms with Crippen LogP contribution in [0.25, 0.3) is 87.6 Å². The van der Waals surface area contributed by atoms with Gasteiger partial charge in [0.1, 0.15) is 0 Å². The Morgan fingerprint density at radius 2 is 0.435 bits per heavy atom. The Kier molecular flexibility index (Phi) is 6.25. The van der Waals surface area contributed by atoms with Gasteiger partial charge in [0.05, 0.1) is 0 Å². The van der Waals surface area contributed by atoms with E-state index in [0.29, 0.717) is 0 Å². The fourth-order valence-electron chi connectivity index (χ4n) is 7.42. The Labute approximate surface area is 268 Å². The van der Waals surface area contributed by atoms with Gasteiger partial charge in [0.15, 0.2) is 0 Å². The van der Waals surface area contributed by atoms with Crippen LogP contribution in [0.15, 0.2) is 182 Å². The zero-order valence-corrected chi connectivity index (χ0v) is 25.3. The molecule has 0 unspecified atom stereocenters. The molecule has 0 radical (unpaired) electrons. The summed E-state index contributed by atoms with van der Waals surface area (Å²) in [6, 6.07) is 66.7. The predicted molar refractivity (Wildman–Crippen MR) is 198 cm³/mol. The van der Waals surface area contributed by atoms with Crippen LogP contribution in [0, 0.1) is 0 Å². The van der Waals surface area contributed by atoms with E-state index in [-0.39, 0.29) is 0 Å². The smallest absolute Gasteiger partial charge is 0.00139 e. The van der Waals surface area contributed by atoms with Crippen LogP contribution in [0.5, 0.6) is 0 Å². The summed E-state index contributed by atoms with van der Waals surface area (Å²) in [7, 11) is 0. The molecule has 46 heavy (non-hydrogen) atoms. The molecule has 9 aromatic carbocycles. The molecule has 0 heterocycles. The molecular formula is C46H30. The van der Waals surface area contributed by atoms with Crippen LogP contribution in [0.2, 0.25) is 0 Å². The Morgan fingerprint density at radius 3 is 0.783 bits per heavy atom. The number of hydrogen-bond acceptors (Lipinski definition) is 0. The van der Waals surface area contributed by atoms with Crippen molar-refractivity contribution >= 4 is 43.1 Å². The van der Waals surface area contributed by atoms with E-state index in [0.717, 1.165) is 0 Å². The molecule has 0 saturated carbocycles.